The van der Waals surface area contributed by atoms with Crippen LogP contribution < -0.4 is 10.1 Å². The predicted molar refractivity (Wildman–Crippen MR) is 103 cm³/mol. The first kappa shape index (κ1) is 18.9. The van der Waals surface area contributed by atoms with Crippen LogP contribution in [-0.2, 0) is 15.0 Å². The molecule has 138 valence electrons. The van der Waals surface area contributed by atoms with Crippen molar-refractivity contribution in [2.75, 3.05) is 5.32 Å². The molecule has 27 heavy (non-hydrogen) atoms. The van der Waals surface area contributed by atoms with E-state index in [0.717, 1.165) is 31.2 Å². The highest BCUT2D eigenvalue weighted by Crippen LogP contribution is 2.42. The Hall–Kier alpha value is -2.84. The molecule has 0 radical (unpaired) electrons. The van der Waals surface area contributed by atoms with Gasteiger partial charge in [0.15, 0.2) is 0 Å². The Bertz CT molecular complexity index is 910. The lowest BCUT2D eigenvalue weighted by molar-refractivity contribution is -0.132. The van der Waals surface area contributed by atoms with E-state index in [0.29, 0.717) is 10.7 Å². The summed E-state index contributed by atoms with van der Waals surface area (Å²) in [4.78, 5) is 24.3. The fourth-order valence-corrected chi connectivity index (χ4v) is 3.71. The Morgan fingerprint density at radius 3 is 2.41 bits per heavy atom. The first-order valence-electron chi connectivity index (χ1n) is 8.75. The van der Waals surface area contributed by atoms with E-state index in [2.05, 4.69) is 5.32 Å². The third-order valence-electron chi connectivity index (χ3n) is 4.90. The van der Waals surface area contributed by atoms with Crippen molar-refractivity contribution in [2.24, 2.45) is 0 Å². The molecule has 0 saturated heterocycles. The van der Waals surface area contributed by atoms with Gasteiger partial charge in [-0.3, -0.25) is 9.59 Å². The minimum Gasteiger partial charge on any atom is -0.425 e. The van der Waals surface area contributed by atoms with Crippen molar-refractivity contribution in [3.8, 4) is 11.8 Å². The number of carbonyl (C=O) groups is 2. The number of rotatable bonds is 4. The Balaban J connectivity index is 1.87. The summed E-state index contributed by atoms with van der Waals surface area (Å²) in [6, 6.07) is 14.0. The summed E-state index contributed by atoms with van der Waals surface area (Å²) in [6.45, 7) is 1.27. The Morgan fingerprint density at radius 2 is 1.81 bits per heavy atom. The standard InChI is InChI=1S/C21H19ClN2O3/c1-14(25)27-19-9-8-18(12-15(19)13-23)24-20(26)21(10-2-3-11-21)16-4-6-17(22)7-5-16/h4-9,12H,2-3,10-11H2,1H3,(H,24,26). The molecule has 1 saturated carbocycles. The normalized spacial score (nSPS) is 15.0. The molecule has 1 N–H and O–H groups in total. The van der Waals surface area contributed by atoms with Crippen molar-refractivity contribution in [3.63, 3.8) is 0 Å². The van der Waals surface area contributed by atoms with Crippen LogP contribution in [0.15, 0.2) is 42.5 Å². The fraction of sp³-hybridized carbons (Fsp3) is 0.286. The third kappa shape index (κ3) is 3.96. The fourth-order valence-electron chi connectivity index (χ4n) is 3.58. The summed E-state index contributed by atoms with van der Waals surface area (Å²) in [5, 5.41) is 12.9. The van der Waals surface area contributed by atoms with Gasteiger partial charge in [-0.2, -0.15) is 5.26 Å². The number of nitriles is 1. The minimum atomic E-state index is -0.605. The van der Waals surface area contributed by atoms with Crippen LogP contribution in [0.2, 0.25) is 5.02 Å². The molecule has 1 aliphatic carbocycles. The number of nitrogens with zero attached hydrogens (tertiary/aromatic N) is 1. The number of halogens is 1. The zero-order valence-corrected chi connectivity index (χ0v) is 15.7. The van der Waals surface area contributed by atoms with Gasteiger partial charge in [0.1, 0.15) is 11.8 Å². The van der Waals surface area contributed by atoms with E-state index in [1.807, 2.05) is 18.2 Å². The quantitative estimate of drug-likeness (QED) is 0.619. The van der Waals surface area contributed by atoms with Gasteiger partial charge < -0.3 is 10.1 Å². The first-order valence-corrected chi connectivity index (χ1v) is 9.12. The number of hydrogen-bond donors (Lipinski definition) is 1. The van der Waals surface area contributed by atoms with Gasteiger partial charge in [0.05, 0.1) is 11.0 Å². The van der Waals surface area contributed by atoms with Gasteiger partial charge in [-0.1, -0.05) is 36.6 Å². The molecule has 3 rings (SSSR count). The minimum absolute atomic E-state index is 0.105. The average Bonchev–Trinajstić information content (AvgIpc) is 3.14. The number of esters is 1. The lowest BCUT2D eigenvalue weighted by atomic mass is 9.78. The van der Waals surface area contributed by atoms with E-state index >= 15 is 0 Å². The van der Waals surface area contributed by atoms with Crippen molar-refractivity contribution >= 4 is 29.2 Å². The van der Waals surface area contributed by atoms with Gasteiger partial charge in [0.2, 0.25) is 5.91 Å². The van der Waals surface area contributed by atoms with Crippen LogP contribution in [0.1, 0.15) is 43.7 Å². The Morgan fingerprint density at radius 1 is 1.15 bits per heavy atom. The van der Waals surface area contributed by atoms with E-state index < -0.39 is 11.4 Å². The van der Waals surface area contributed by atoms with Crippen molar-refractivity contribution in [3.05, 3.63) is 58.6 Å². The summed E-state index contributed by atoms with van der Waals surface area (Å²) in [5.41, 5.74) is 1.02. The van der Waals surface area contributed by atoms with Crippen molar-refractivity contribution in [1.29, 1.82) is 5.26 Å². The predicted octanol–water partition coefficient (Wildman–Crippen LogP) is 4.59. The summed E-state index contributed by atoms with van der Waals surface area (Å²) < 4.78 is 5.01. The van der Waals surface area contributed by atoms with Gasteiger partial charge >= 0.3 is 5.97 Å². The smallest absolute Gasteiger partial charge is 0.308 e. The highest BCUT2D eigenvalue weighted by molar-refractivity contribution is 6.30. The van der Waals surface area contributed by atoms with E-state index in [1.165, 1.54) is 19.1 Å². The largest absolute Gasteiger partial charge is 0.425 e. The second-order valence-electron chi connectivity index (χ2n) is 6.67. The second kappa shape index (κ2) is 7.81. The third-order valence-corrected chi connectivity index (χ3v) is 5.15. The maximum atomic E-state index is 13.2. The highest BCUT2D eigenvalue weighted by atomic mass is 35.5. The number of hydrogen-bond acceptors (Lipinski definition) is 4. The molecule has 5 nitrogen and oxygen atoms in total. The zero-order chi connectivity index (χ0) is 19.4. The average molecular weight is 383 g/mol. The maximum absolute atomic E-state index is 13.2. The Labute approximate surface area is 162 Å². The van der Waals surface area contributed by atoms with E-state index in [9.17, 15) is 14.9 Å². The molecule has 2 aromatic rings. The lowest BCUT2D eigenvalue weighted by Gasteiger charge is -2.28. The number of ether oxygens (including phenoxy) is 1. The molecule has 0 unspecified atom stereocenters. The van der Waals surface area contributed by atoms with Crippen LogP contribution in [0.25, 0.3) is 0 Å². The van der Waals surface area contributed by atoms with E-state index in [-0.39, 0.29) is 17.2 Å². The summed E-state index contributed by atoms with van der Waals surface area (Å²) in [6.07, 6.45) is 3.48. The number of nitrogens with one attached hydrogen (secondary N) is 1. The topological polar surface area (TPSA) is 79.2 Å². The van der Waals surface area contributed by atoms with Crippen molar-refractivity contribution in [1.82, 2.24) is 0 Å². The SMILES string of the molecule is CC(=O)Oc1ccc(NC(=O)C2(c3ccc(Cl)cc3)CCCC2)cc1C#N. The molecular formula is C21H19ClN2O3. The van der Waals surface area contributed by atoms with Crippen LogP contribution >= 0.6 is 11.6 Å². The molecule has 1 fully saturated rings. The van der Waals surface area contributed by atoms with Crippen LogP contribution in [0.5, 0.6) is 5.75 Å². The summed E-state index contributed by atoms with van der Waals surface area (Å²) in [5.74, 6) is -0.432. The van der Waals surface area contributed by atoms with Gasteiger partial charge in [0.25, 0.3) is 0 Å². The number of amides is 1. The molecule has 1 amide bonds. The van der Waals surface area contributed by atoms with Gasteiger partial charge in [0, 0.05) is 17.6 Å². The van der Waals surface area contributed by atoms with E-state index in [4.69, 9.17) is 16.3 Å². The van der Waals surface area contributed by atoms with Gasteiger partial charge in [-0.25, -0.2) is 0 Å². The van der Waals surface area contributed by atoms with Crippen LogP contribution in [0.4, 0.5) is 5.69 Å². The molecular weight excluding hydrogens is 364 g/mol. The van der Waals surface area contributed by atoms with Crippen molar-refractivity contribution < 1.29 is 14.3 Å². The molecule has 0 spiro atoms. The molecule has 0 aliphatic heterocycles. The molecule has 0 bridgehead atoms. The molecule has 0 aromatic heterocycles. The van der Waals surface area contributed by atoms with Crippen LogP contribution in [0, 0.1) is 11.3 Å². The zero-order valence-electron chi connectivity index (χ0n) is 14.9. The van der Waals surface area contributed by atoms with Gasteiger partial charge in [-0.05, 0) is 48.7 Å². The molecule has 0 atom stereocenters. The van der Waals surface area contributed by atoms with Gasteiger partial charge in [-0.15, -0.1) is 0 Å². The summed E-state index contributed by atoms with van der Waals surface area (Å²) in [7, 11) is 0. The lowest BCUT2D eigenvalue weighted by Crippen LogP contribution is -2.38. The van der Waals surface area contributed by atoms with Crippen molar-refractivity contribution in [2.45, 2.75) is 38.0 Å². The van der Waals surface area contributed by atoms with E-state index in [1.54, 1.807) is 18.2 Å². The molecule has 1 aliphatic rings. The molecule has 2 aromatic carbocycles. The molecule has 6 heteroatoms. The molecule has 0 heterocycles. The summed E-state index contributed by atoms with van der Waals surface area (Å²) >= 11 is 5.99. The number of anilines is 1. The highest BCUT2D eigenvalue weighted by Gasteiger charge is 2.42. The second-order valence-corrected chi connectivity index (χ2v) is 7.10. The maximum Gasteiger partial charge on any atom is 0.308 e. The first-order chi connectivity index (χ1) is 12.9. The number of carbonyl (C=O) groups excluding carboxylic acids is 2. The van der Waals surface area contributed by atoms with Crippen LogP contribution in [-0.4, -0.2) is 11.9 Å². The Kier molecular flexibility index (Phi) is 5.48. The monoisotopic (exact) mass is 382 g/mol. The van der Waals surface area contributed by atoms with Crippen LogP contribution in [0.3, 0.4) is 0 Å². The number of benzene rings is 2.